The van der Waals surface area contributed by atoms with Crippen molar-refractivity contribution in [2.75, 3.05) is 26.2 Å². The van der Waals surface area contributed by atoms with Gasteiger partial charge in [-0.15, -0.1) is 0 Å². The van der Waals surface area contributed by atoms with Crippen LogP contribution in [0.1, 0.15) is 55.1 Å². The molecule has 0 radical (unpaired) electrons. The lowest BCUT2D eigenvalue weighted by Crippen LogP contribution is -2.41. The molecule has 0 aromatic carbocycles. The smallest absolute Gasteiger partial charge is 0.254 e. The van der Waals surface area contributed by atoms with Gasteiger partial charge in [-0.1, -0.05) is 19.8 Å². The molecule has 1 aromatic heterocycles. The molecular weight excluding hydrogens is 316 g/mol. The average molecular weight is 346 g/mol. The Morgan fingerprint density at radius 2 is 2.32 bits per heavy atom. The molecule has 4 rings (SSSR count). The predicted octanol–water partition coefficient (Wildman–Crippen LogP) is 2.99. The van der Waals surface area contributed by atoms with Crippen molar-refractivity contribution in [1.82, 2.24) is 10.2 Å². The molecule has 5 nitrogen and oxygen atoms in total. The van der Waals surface area contributed by atoms with Crippen molar-refractivity contribution in [3.05, 3.63) is 23.7 Å². The molecule has 2 bridgehead atoms. The third-order valence-corrected chi connectivity index (χ3v) is 6.53. The van der Waals surface area contributed by atoms with E-state index in [1.165, 1.54) is 32.2 Å². The third-order valence-electron chi connectivity index (χ3n) is 6.53. The molecule has 25 heavy (non-hydrogen) atoms. The number of unbranched alkanes of at least 4 members (excludes halogenated alkanes) is 2. The Morgan fingerprint density at radius 3 is 3.08 bits per heavy atom. The van der Waals surface area contributed by atoms with Gasteiger partial charge in [0.25, 0.3) is 5.91 Å². The number of hydrogen-bond acceptors (Lipinski definition) is 4. The van der Waals surface area contributed by atoms with Gasteiger partial charge in [-0.25, -0.2) is 0 Å². The summed E-state index contributed by atoms with van der Waals surface area (Å²) in [4.78, 5) is 15.0. The highest BCUT2D eigenvalue weighted by molar-refractivity contribution is 5.95. The summed E-state index contributed by atoms with van der Waals surface area (Å²) in [6, 6.07) is 1.74. The Labute approximate surface area is 150 Å². The lowest BCUT2D eigenvalue weighted by Gasteiger charge is -2.29. The van der Waals surface area contributed by atoms with Crippen LogP contribution in [0.5, 0.6) is 0 Å². The minimum atomic E-state index is -0.0270. The van der Waals surface area contributed by atoms with E-state index in [0.717, 1.165) is 19.5 Å². The number of amides is 1. The number of ether oxygens (including phenoxy) is 1. The second-order valence-corrected chi connectivity index (χ2v) is 8.07. The minimum absolute atomic E-state index is 0.0270. The van der Waals surface area contributed by atoms with Crippen molar-refractivity contribution in [3.63, 3.8) is 0 Å². The number of aryl methyl sites for hydroxylation is 1. The zero-order valence-electron chi connectivity index (χ0n) is 15.4. The average Bonchev–Trinajstić information content (AvgIpc) is 3.33. The van der Waals surface area contributed by atoms with E-state index < -0.39 is 0 Å². The molecule has 3 aliphatic heterocycles. The van der Waals surface area contributed by atoms with Crippen molar-refractivity contribution in [1.29, 1.82) is 0 Å². The standard InChI is InChI=1S/C20H30N2O3/c1-3-4-5-9-22-12-17-16(18-6-8-20(17,13-22)25-18)11-21-19(23)15-7-10-24-14(15)2/h7,10,16-18H,3-6,8-9,11-13H2,1-2H3,(H,21,23)/t16-,17+,18+,20+/m0/s1. The number of nitrogens with one attached hydrogen (secondary N) is 1. The molecule has 1 amide bonds. The first-order valence-electron chi connectivity index (χ1n) is 9.85. The van der Waals surface area contributed by atoms with Crippen molar-refractivity contribution in [2.24, 2.45) is 11.8 Å². The largest absolute Gasteiger partial charge is 0.469 e. The Morgan fingerprint density at radius 1 is 1.44 bits per heavy atom. The van der Waals surface area contributed by atoms with Gasteiger partial charge in [0, 0.05) is 31.5 Å². The van der Waals surface area contributed by atoms with Crippen LogP contribution in [0.2, 0.25) is 0 Å². The fraction of sp³-hybridized carbons (Fsp3) is 0.750. The number of likely N-dealkylation sites (tertiary alicyclic amines) is 1. The summed E-state index contributed by atoms with van der Waals surface area (Å²) in [6.07, 6.45) is 8.09. The molecule has 138 valence electrons. The first kappa shape index (κ1) is 17.1. The highest BCUT2D eigenvalue weighted by atomic mass is 16.5. The third kappa shape index (κ3) is 3.02. The molecule has 0 aliphatic carbocycles. The van der Waals surface area contributed by atoms with Crippen LogP contribution in [0.25, 0.3) is 0 Å². The fourth-order valence-corrected chi connectivity index (χ4v) is 5.24. The van der Waals surface area contributed by atoms with E-state index in [4.69, 9.17) is 9.15 Å². The summed E-state index contributed by atoms with van der Waals surface area (Å²) in [6.45, 7) is 8.20. The summed E-state index contributed by atoms with van der Waals surface area (Å²) in [5.74, 6) is 1.67. The molecule has 3 saturated heterocycles. The van der Waals surface area contributed by atoms with Crippen molar-refractivity contribution >= 4 is 5.91 Å². The van der Waals surface area contributed by atoms with E-state index >= 15 is 0 Å². The van der Waals surface area contributed by atoms with Crippen LogP contribution < -0.4 is 5.32 Å². The van der Waals surface area contributed by atoms with Gasteiger partial charge in [0.15, 0.2) is 0 Å². The number of fused-ring (bicyclic) bond motifs is 1. The van der Waals surface area contributed by atoms with Gasteiger partial charge in [-0.2, -0.15) is 0 Å². The van der Waals surface area contributed by atoms with Gasteiger partial charge >= 0.3 is 0 Å². The molecule has 1 aromatic rings. The Hall–Kier alpha value is -1.33. The van der Waals surface area contributed by atoms with Gasteiger partial charge < -0.3 is 19.4 Å². The molecule has 3 fully saturated rings. The second kappa shape index (κ2) is 6.76. The zero-order chi connectivity index (χ0) is 17.4. The molecule has 3 aliphatic rings. The van der Waals surface area contributed by atoms with Gasteiger partial charge in [0.05, 0.1) is 23.5 Å². The van der Waals surface area contributed by atoms with Crippen LogP contribution in [0.3, 0.4) is 0 Å². The first-order chi connectivity index (χ1) is 12.1. The molecule has 4 atom stereocenters. The lowest BCUT2D eigenvalue weighted by molar-refractivity contribution is 0.00267. The topological polar surface area (TPSA) is 54.7 Å². The van der Waals surface area contributed by atoms with E-state index in [-0.39, 0.29) is 11.5 Å². The monoisotopic (exact) mass is 346 g/mol. The zero-order valence-corrected chi connectivity index (χ0v) is 15.4. The summed E-state index contributed by atoms with van der Waals surface area (Å²) < 4.78 is 11.7. The summed E-state index contributed by atoms with van der Waals surface area (Å²) in [5, 5.41) is 3.13. The van der Waals surface area contributed by atoms with E-state index in [0.29, 0.717) is 35.8 Å². The maximum Gasteiger partial charge on any atom is 0.254 e. The number of furan rings is 1. The van der Waals surface area contributed by atoms with Gasteiger partial charge in [-0.05, 0) is 38.8 Å². The predicted molar refractivity (Wildman–Crippen MR) is 95.6 cm³/mol. The maximum atomic E-state index is 12.4. The van der Waals surface area contributed by atoms with Crippen LogP contribution in [0.4, 0.5) is 0 Å². The van der Waals surface area contributed by atoms with Crippen molar-refractivity contribution in [2.45, 2.75) is 57.7 Å². The molecule has 0 unspecified atom stereocenters. The number of rotatable bonds is 7. The summed E-state index contributed by atoms with van der Waals surface area (Å²) >= 11 is 0. The Kier molecular flexibility index (Phi) is 4.63. The van der Waals surface area contributed by atoms with Crippen LogP contribution in [-0.2, 0) is 4.74 Å². The number of hydrogen-bond donors (Lipinski definition) is 1. The van der Waals surface area contributed by atoms with Gasteiger partial charge in [-0.3, -0.25) is 4.79 Å². The molecule has 1 spiro atoms. The molecule has 1 N–H and O–H groups in total. The van der Waals surface area contributed by atoms with Gasteiger partial charge in [0.2, 0.25) is 0 Å². The minimum Gasteiger partial charge on any atom is -0.469 e. The van der Waals surface area contributed by atoms with Crippen molar-refractivity contribution in [3.8, 4) is 0 Å². The van der Waals surface area contributed by atoms with Crippen molar-refractivity contribution < 1.29 is 13.9 Å². The molecule has 5 heteroatoms. The maximum absolute atomic E-state index is 12.4. The molecule has 0 saturated carbocycles. The number of carbonyl (C=O) groups excluding carboxylic acids is 1. The van der Waals surface area contributed by atoms with E-state index in [2.05, 4.69) is 17.1 Å². The molecule has 4 heterocycles. The number of nitrogens with zero attached hydrogens (tertiary/aromatic N) is 1. The van der Waals surface area contributed by atoms with Crippen LogP contribution in [0.15, 0.2) is 16.7 Å². The first-order valence-corrected chi connectivity index (χ1v) is 9.85. The quantitative estimate of drug-likeness (QED) is 0.771. The van der Waals surface area contributed by atoms with Gasteiger partial charge in [0.1, 0.15) is 5.76 Å². The number of carbonyl (C=O) groups is 1. The van der Waals surface area contributed by atoms with Crippen LogP contribution in [-0.4, -0.2) is 48.7 Å². The highest BCUT2D eigenvalue weighted by Gasteiger charge is 2.62. The normalized spacial score (nSPS) is 33.8. The fourth-order valence-electron chi connectivity index (χ4n) is 5.24. The summed E-state index contributed by atoms with van der Waals surface area (Å²) in [7, 11) is 0. The van der Waals surface area contributed by atoms with E-state index in [1.54, 1.807) is 12.3 Å². The SMILES string of the molecule is CCCCCN1C[C@@H]2[C@H](CNC(=O)c3ccoc3C)[C@H]3CC[C@]2(C1)O3. The summed E-state index contributed by atoms with van der Waals surface area (Å²) in [5.41, 5.74) is 0.712. The second-order valence-electron chi connectivity index (χ2n) is 8.07. The van der Waals surface area contributed by atoms with Crippen LogP contribution in [0, 0.1) is 18.8 Å². The van der Waals surface area contributed by atoms with E-state index in [1.807, 2.05) is 6.92 Å². The Balaban J connectivity index is 1.37. The van der Waals surface area contributed by atoms with E-state index in [9.17, 15) is 4.79 Å². The molecular formula is C20H30N2O3. The highest BCUT2D eigenvalue weighted by Crippen LogP contribution is 2.54. The Bertz CT molecular complexity index is 628. The lowest BCUT2D eigenvalue weighted by atomic mass is 9.73. The van der Waals surface area contributed by atoms with Crippen LogP contribution >= 0.6 is 0 Å².